The summed E-state index contributed by atoms with van der Waals surface area (Å²) in [6, 6.07) is 4.22. The summed E-state index contributed by atoms with van der Waals surface area (Å²) >= 11 is 1.60. The minimum absolute atomic E-state index is 0.176. The maximum Gasteiger partial charge on any atom is 0.255 e. The average molecular weight is 426 g/mol. The Bertz CT molecular complexity index is 1070. The Morgan fingerprint density at radius 2 is 2.10 bits per heavy atom. The molecule has 5 heterocycles. The van der Waals surface area contributed by atoms with Gasteiger partial charge in [-0.25, -0.2) is 4.98 Å². The van der Waals surface area contributed by atoms with Gasteiger partial charge in [0.15, 0.2) is 0 Å². The van der Waals surface area contributed by atoms with Gasteiger partial charge in [0.25, 0.3) is 5.56 Å². The van der Waals surface area contributed by atoms with E-state index in [1.54, 1.807) is 16.0 Å². The molecule has 8 nitrogen and oxygen atoms in total. The van der Waals surface area contributed by atoms with Crippen molar-refractivity contribution in [2.24, 2.45) is 13.0 Å². The number of rotatable bonds is 6. The van der Waals surface area contributed by atoms with Crippen molar-refractivity contribution in [3.05, 3.63) is 62.2 Å². The highest BCUT2D eigenvalue weighted by Crippen LogP contribution is 2.35. The third-order valence-corrected chi connectivity index (χ3v) is 6.79. The quantitative estimate of drug-likeness (QED) is 0.598. The third kappa shape index (κ3) is 3.97. The molecule has 30 heavy (non-hydrogen) atoms. The molecule has 0 aliphatic carbocycles. The van der Waals surface area contributed by atoms with Crippen molar-refractivity contribution in [1.82, 2.24) is 34.3 Å². The number of likely N-dealkylation sites (tertiary alicyclic amines) is 1. The molecule has 2 aliphatic rings. The molecule has 0 N–H and O–H groups in total. The van der Waals surface area contributed by atoms with Gasteiger partial charge in [-0.05, 0) is 25.5 Å². The first-order valence-corrected chi connectivity index (χ1v) is 11.3. The van der Waals surface area contributed by atoms with Crippen LogP contribution in [0.4, 0.5) is 0 Å². The van der Waals surface area contributed by atoms with E-state index in [1.165, 1.54) is 12.1 Å². The van der Waals surface area contributed by atoms with Crippen LogP contribution in [0, 0.1) is 5.92 Å². The van der Waals surface area contributed by atoms with Gasteiger partial charge in [0, 0.05) is 75.1 Å². The Morgan fingerprint density at radius 1 is 1.20 bits per heavy atom. The van der Waals surface area contributed by atoms with Crippen LogP contribution in [0.25, 0.3) is 0 Å². The number of aryl methyl sites for hydroxylation is 1. The first kappa shape index (κ1) is 19.6. The normalized spacial score (nSPS) is 21.2. The second-order valence-corrected chi connectivity index (χ2v) is 9.45. The molecule has 0 unspecified atom stereocenters. The number of thiazole rings is 1. The molecule has 2 aliphatic heterocycles. The van der Waals surface area contributed by atoms with Gasteiger partial charge in [0.2, 0.25) is 0 Å². The Labute approximate surface area is 179 Å². The van der Waals surface area contributed by atoms with E-state index in [9.17, 15) is 4.79 Å². The Hall–Kier alpha value is -2.36. The van der Waals surface area contributed by atoms with Crippen molar-refractivity contribution in [3.8, 4) is 0 Å². The molecule has 0 aromatic carbocycles. The minimum Gasteiger partial charge on any atom is -0.312 e. The van der Waals surface area contributed by atoms with Crippen LogP contribution in [0.3, 0.4) is 0 Å². The maximum atomic E-state index is 13.2. The summed E-state index contributed by atoms with van der Waals surface area (Å²) in [6.45, 7) is 5.01. The number of pyridine rings is 1. The van der Waals surface area contributed by atoms with Crippen LogP contribution in [0.2, 0.25) is 0 Å². The van der Waals surface area contributed by atoms with E-state index in [-0.39, 0.29) is 5.56 Å². The maximum absolute atomic E-state index is 13.2. The number of hydrogen-bond donors (Lipinski definition) is 0. The van der Waals surface area contributed by atoms with Crippen molar-refractivity contribution in [1.29, 1.82) is 0 Å². The summed E-state index contributed by atoms with van der Waals surface area (Å²) < 4.78 is 3.80. The summed E-state index contributed by atoms with van der Waals surface area (Å²) in [5, 5.41) is 10.3. The van der Waals surface area contributed by atoms with Gasteiger partial charge in [-0.1, -0.05) is 11.3 Å². The van der Waals surface area contributed by atoms with E-state index in [4.69, 9.17) is 0 Å². The van der Waals surface area contributed by atoms with E-state index in [0.29, 0.717) is 18.4 Å². The summed E-state index contributed by atoms with van der Waals surface area (Å²) in [5.41, 5.74) is 6.14. The number of nitrogens with zero attached hydrogens (tertiary/aromatic N) is 7. The lowest BCUT2D eigenvalue weighted by atomic mass is 9.83. The molecule has 1 saturated heterocycles. The van der Waals surface area contributed by atoms with Crippen LogP contribution < -0.4 is 5.56 Å². The fourth-order valence-corrected chi connectivity index (χ4v) is 5.52. The van der Waals surface area contributed by atoms with Crippen LogP contribution in [0.15, 0.2) is 34.0 Å². The molecule has 0 radical (unpaired) electrons. The highest BCUT2D eigenvalue weighted by atomic mass is 32.1. The summed E-state index contributed by atoms with van der Waals surface area (Å²) in [7, 11) is 3.94. The largest absolute Gasteiger partial charge is 0.312 e. The standard InChI is InChI=1S/C21H27N7OS/c1-25(10-19-13-30-14-22-19)8-16-3-4-20-17-5-15(7-28(20)21(16)29)6-27(9-17)12-18-11-26(2)24-23-18/h3-4,11,13-15,17H,5-10,12H2,1-2H3/t15-,17+/m0/s1. The molecule has 158 valence electrons. The lowest BCUT2D eigenvalue weighted by Crippen LogP contribution is -2.47. The highest BCUT2D eigenvalue weighted by molar-refractivity contribution is 7.07. The number of piperidine rings is 1. The van der Waals surface area contributed by atoms with E-state index >= 15 is 0 Å². The Morgan fingerprint density at radius 3 is 2.87 bits per heavy atom. The van der Waals surface area contributed by atoms with Crippen molar-refractivity contribution >= 4 is 11.3 Å². The second kappa shape index (κ2) is 8.05. The molecule has 3 aromatic heterocycles. The van der Waals surface area contributed by atoms with Crippen molar-refractivity contribution in [3.63, 3.8) is 0 Å². The van der Waals surface area contributed by atoms with Gasteiger partial charge in [-0.3, -0.25) is 19.3 Å². The molecule has 3 aromatic rings. The molecule has 2 bridgehead atoms. The molecular formula is C21H27N7OS. The molecular weight excluding hydrogens is 398 g/mol. The fraction of sp³-hybridized carbons (Fsp3) is 0.524. The van der Waals surface area contributed by atoms with Gasteiger partial charge >= 0.3 is 0 Å². The van der Waals surface area contributed by atoms with Crippen molar-refractivity contribution in [2.45, 2.75) is 38.5 Å². The zero-order valence-corrected chi connectivity index (χ0v) is 18.3. The van der Waals surface area contributed by atoms with E-state index in [1.807, 2.05) is 36.4 Å². The van der Waals surface area contributed by atoms with Crippen LogP contribution in [0.5, 0.6) is 0 Å². The van der Waals surface area contributed by atoms with Gasteiger partial charge < -0.3 is 4.57 Å². The zero-order valence-electron chi connectivity index (χ0n) is 17.4. The minimum atomic E-state index is 0.176. The first-order chi connectivity index (χ1) is 14.5. The van der Waals surface area contributed by atoms with Gasteiger partial charge in [-0.2, -0.15) is 0 Å². The van der Waals surface area contributed by atoms with Crippen LogP contribution in [-0.2, 0) is 33.2 Å². The zero-order chi connectivity index (χ0) is 20.7. The summed E-state index contributed by atoms with van der Waals surface area (Å²) in [6.07, 6.45) is 3.15. The molecule has 0 amide bonds. The highest BCUT2D eigenvalue weighted by Gasteiger charge is 2.35. The molecule has 5 rings (SSSR count). The predicted molar refractivity (Wildman–Crippen MR) is 115 cm³/mol. The molecule has 9 heteroatoms. The van der Waals surface area contributed by atoms with Gasteiger partial charge in [0.1, 0.15) is 0 Å². The predicted octanol–water partition coefficient (Wildman–Crippen LogP) is 1.68. The van der Waals surface area contributed by atoms with Gasteiger partial charge in [0.05, 0.1) is 16.9 Å². The third-order valence-electron chi connectivity index (χ3n) is 6.15. The average Bonchev–Trinajstić information content (AvgIpc) is 3.36. The van der Waals surface area contributed by atoms with Crippen LogP contribution >= 0.6 is 11.3 Å². The van der Waals surface area contributed by atoms with Crippen molar-refractivity contribution in [2.75, 3.05) is 20.1 Å². The topological polar surface area (TPSA) is 72.1 Å². The number of fused-ring (bicyclic) bond motifs is 4. The number of aromatic nitrogens is 5. The SMILES string of the molecule is CN(Cc1cscn1)Cc1ccc2n(c1=O)C[C@H]1C[C@@H]2CN(Cc2cn(C)nn2)C1. The molecule has 1 fully saturated rings. The fourth-order valence-electron chi connectivity index (χ4n) is 4.98. The van der Waals surface area contributed by atoms with E-state index < -0.39 is 0 Å². The first-order valence-electron chi connectivity index (χ1n) is 10.4. The molecule has 0 spiro atoms. The monoisotopic (exact) mass is 425 g/mol. The Kier molecular flexibility index (Phi) is 5.26. The lowest BCUT2D eigenvalue weighted by molar-refractivity contribution is 0.113. The molecule has 2 atom stereocenters. The molecule has 0 saturated carbocycles. The smallest absolute Gasteiger partial charge is 0.255 e. The van der Waals surface area contributed by atoms with E-state index in [2.05, 4.69) is 36.5 Å². The number of hydrogen-bond acceptors (Lipinski definition) is 7. The summed E-state index contributed by atoms with van der Waals surface area (Å²) in [5.74, 6) is 0.914. The van der Waals surface area contributed by atoms with Gasteiger partial charge in [-0.15, -0.1) is 16.4 Å². The summed E-state index contributed by atoms with van der Waals surface area (Å²) in [4.78, 5) is 22.2. The Balaban J connectivity index is 1.31. The van der Waals surface area contributed by atoms with E-state index in [0.717, 1.165) is 49.7 Å². The lowest BCUT2D eigenvalue weighted by Gasteiger charge is -2.42. The van der Waals surface area contributed by atoms with Crippen molar-refractivity contribution < 1.29 is 0 Å². The van der Waals surface area contributed by atoms with Crippen LogP contribution in [0.1, 0.15) is 35.0 Å². The van der Waals surface area contributed by atoms with Crippen LogP contribution in [-0.4, -0.2) is 54.5 Å². The second-order valence-electron chi connectivity index (χ2n) is 8.73.